The summed E-state index contributed by atoms with van der Waals surface area (Å²) in [5.41, 5.74) is 7.37. The highest BCUT2D eigenvalue weighted by Crippen LogP contribution is 2.18. The fraction of sp³-hybridized carbons (Fsp3) is 0.538. The van der Waals surface area contributed by atoms with Gasteiger partial charge in [0.15, 0.2) is 0 Å². The molecule has 1 unspecified atom stereocenters. The monoisotopic (exact) mass is 270 g/mol. The zero-order chi connectivity index (χ0) is 12.1. The molecule has 4 heteroatoms. The summed E-state index contributed by atoms with van der Waals surface area (Å²) in [6.45, 7) is 3.51. The maximum atomic E-state index is 6.19. The van der Waals surface area contributed by atoms with Gasteiger partial charge in [-0.15, -0.1) is 0 Å². The van der Waals surface area contributed by atoms with Crippen LogP contribution in [0.25, 0.3) is 0 Å². The molecule has 1 aromatic rings. The third-order valence-electron chi connectivity index (χ3n) is 3.16. The van der Waals surface area contributed by atoms with E-state index in [-0.39, 0.29) is 6.04 Å². The second kappa shape index (κ2) is 6.64. The van der Waals surface area contributed by atoms with Crippen LogP contribution >= 0.6 is 23.4 Å². The van der Waals surface area contributed by atoms with Crippen molar-refractivity contribution < 1.29 is 0 Å². The van der Waals surface area contributed by atoms with E-state index in [1.165, 1.54) is 30.2 Å². The van der Waals surface area contributed by atoms with Crippen LogP contribution in [0.2, 0.25) is 5.02 Å². The second-order valence-corrected chi connectivity index (χ2v) is 6.06. The van der Waals surface area contributed by atoms with Gasteiger partial charge in [-0.05, 0) is 24.1 Å². The van der Waals surface area contributed by atoms with Crippen molar-refractivity contribution in [2.75, 3.05) is 31.1 Å². The number of nitrogens with zero attached hydrogens (tertiary/aromatic N) is 1. The van der Waals surface area contributed by atoms with Crippen LogP contribution < -0.4 is 5.73 Å². The predicted octanol–water partition coefficient (Wildman–Crippen LogP) is 2.78. The molecule has 0 saturated carbocycles. The van der Waals surface area contributed by atoms with E-state index in [9.17, 15) is 0 Å². The van der Waals surface area contributed by atoms with Crippen LogP contribution in [0.5, 0.6) is 0 Å². The molecule has 2 N–H and O–H groups in total. The zero-order valence-electron chi connectivity index (χ0n) is 9.94. The first kappa shape index (κ1) is 13.2. The summed E-state index contributed by atoms with van der Waals surface area (Å²) >= 11 is 7.91. The van der Waals surface area contributed by atoms with Crippen LogP contribution in [-0.4, -0.2) is 36.0 Å². The minimum Gasteiger partial charge on any atom is -0.324 e. The zero-order valence-corrected chi connectivity index (χ0v) is 11.5. The summed E-state index contributed by atoms with van der Waals surface area (Å²) in [6.07, 6.45) is 1.02. The van der Waals surface area contributed by atoms with Gasteiger partial charge >= 0.3 is 0 Å². The standard InChI is InChI=1S/C13H19ClN2S/c14-12-3-1-11(2-4-12)13(15)5-6-16-7-9-17-10-8-16/h1-4,13H,5-10,15H2. The Kier molecular flexibility index (Phi) is 5.16. The lowest BCUT2D eigenvalue weighted by Crippen LogP contribution is -2.34. The molecule has 0 aliphatic carbocycles. The molecule has 94 valence electrons. The maximum Gasteiger partial charge on any atom is 0.0406 e. The number of hydrogen-bond acceptors (Lipinski definition) is 3. The SMILES string of the molecule is NC(CCN1CCSCC1)c1ccc(Cl)cc1. The largest absolute Gasteiger partial charge is 0.324 e. The van der Waals surface area contributed by atoms with Gasteiger partial charge in [-0.1, -0.05) is 23.7 Å². The van der Waals surface area contributed by atoms with Gasteiger partial charge in [0.25, 0.3) is 0 Å². The molecule has 0 spiro atoms. The van der Waals surface area contributed by atoms with Crippen LogP contribution in [0.1, 0.15) is 18.0 Å². The molecule has 1 saturated heterocycles. The Bertz CT molecular complexity index is 336. The number of nitrogens with two attached hydrogens (primary N) is 1. The second-order valence-electron chi connectivity index (χ2n) is 4.40. The van der Waals surface area contributed by atoms with E-state index >= 15 is 0 Å². The third kappa shape index (κ3) is 4.18. The molecule has 1 fully saturated rings. The predicted molar refractivity (Wildman–Crippen MR) is 76.8 cm³/mol. The van der Waals surface area contributed by atoms with Gasteiger partial charge in [0.05, 0.1) is 0 Å². The van der Waals surface area contributed by atoms with Crippen LogP contribution in [0, 0.1) is 0 Å². The van der Waals surface area contributed by atoms with E-state index in [4.69, 9.17) is 17.3 Å². The van der Waals surface area contributed by atoms with Crippen molar-refractivity contribution in [3.63, 3.8) is 0 Å². The Morgan fingerprint density at radius 3 is 2.53 bits per heavy atom. The third-order valence-corrected chi connectivity index (χ3v) is 4.35. The molecule has 1 aliphatic rings. The van der Waals surface area contributed by atoms with Gasteiger partial charge in [0, 0.05) is 42.2 Å². The lowest BCUT2D eigenvalue weighted by molar-refractivity contribution is 0.289. The van der Waals surface area contributed by atoms with Crippen molar-refractivity contribution in [1.29, 1.82) is 0 Å². The van der Waals surface area contributed by atoms with E-state index in [0.717, 1.165) is 18.0 Å². The van der Waals surface area contributed by atoms with Gasteiger partial charge in [-0.25, -0.2) is 0 Å². The van der Waals surface area contributed by atoms with E-state index in [2.05, 4.69) is 4.90 Å². The number of benzene rings is 1. The first-order valence-electron chi connectivity index (χ1n) is 6.07. The van der Waals surface area contributed by atoms with Crippen LogP contribution in [0.15, 0.2) is 24.3 Å². The molecule has 1 atom stereocenters. The Balaban J connectivity index is 1.80. The lowest BCUT2D eigenvalue weighted by Gasteiger charge is -2.27. The first-order valence-corrected chi connectivity index (χ1v) is 7.60. The minimum atomic E-state index is 0.127. The molecule has 1 aromatic carbocycles. The highest BCUT2D eigenvalue weighted by atomic mass is 35.5. The fourth-order valence-electron chi connectivity index (χ4n) is 2.02. The van der Waals surface area contributed by atoms with Gasteiger partial charge < -0.3 is 10.6 Å². The summed E-state index contributed by atoms with van der Waals surface area (Å²) in [7, 11) is 0. The Hall–Kier alpha value is -0.220. The minimum absolute atomic E-state index is 0.127. The average molecular weight is 271 g/mol. The van der Waals surface area contributed by atoms with E-state index < -0.39 is 0 Å². The smallest absolute Gasteiger partial charge is 0.0406 e. The van der Waals surface area contributed by atoms with Crippen molar-refractivity contribution in [2.24, 2.45) is 5.73 Å². The molecular formula is C13H19ClN2S. The normalized spacial score (nSPS) is 19.2. The number of halogens is 1. The van der Waals surface area contributed by atoms with Crippen LogP contribution in [0.4, 0.5) is 0 Å². The summed E-state index contributed by atoms with van der Waals surface area (Å²) in [6, 6.07) is 8.00. The Morgan fingerprint density at radius 2 is 1.88 bits per heavy atom. The van der Waals surface area contributed by atoms with E-state index in [1.807, 2.05) is 36.0 Å². The molecular weight excluding hydrogens is 252 g/mol. The van der Waals surface area contributed by atoms with Crippen LogP contribution in [-0.2, 0) is 0 Å². The molecule has 0 bridgehead atoms. The summed E-state index contributed by atoms with van der Waals surface area (Å²) < 4.78 is 0. The molecule has 1 aliphatic heterocycles. The average Bonchev–Trinajstić information content (AvgIpc) is 2.38. The quantitative estimate of drug-likeness (QED) is 0.912. The maximum absolute atomic E-state index is 6.19. The number of thioether (sulfide) groups is 1. The highest BCUT2D eigenvalue weighted by Gasteiger charge is 2.12. The molecule has 0 radical (unpaired) electrons. The summed E-state index contributed by atoms with van der Waals surface area (Å²) in [4.78, 5) is 2.51. The summed E-state index contributed by atoms with van der Waals surface area (Å²) in [5.74, 6) is 2.52. The molecule has 2 nitrogen and oxygen atoms in total. The number of hydrogen-bond donors (Lipinski definition) is 1. The van der Waals surface area contributed by atoms with E-state index in [1.54, 1.807) is 0 Å². The van der Waals surface area contributed by atoms with Crippen molar-refractivity contribution in [3.05, 3.63) is 34.9 Å². The molecule has 0 aromatic heterocycles. The van der Waals surface area contributed by atoms with Crippen molar-refractivity contribution in [1.82, 2.24) is 4.90 Å². The fourth-order valence-corrected chi connectivity index (χ4v) is 3.13. The van der Waals surface area contributed by atoms with E-state index in [0.29, 0.717) is 0 Å². The Morgan fingerprint density at radius 1 is 1.24 bits per heavy atom. The van der Waals surface area contributed by atoms with Crippen molar-refractivity contribution in [3.8, 4) is 0 Å². The number of rotatable bonds is 4. The molecule has 1 heterocycles. The van der Waals surface area contributed by atoms with Crippen LogP contribution in [0.3, 0.4) is 0 Å². The molecule has 2 rings (SSSR count). The highest BCUT2D eigenvalue weighted by molar-refractivity contribution is 7.99. The van der Waals surface area contributed by atoms with Gasteiger partial charge in [0.1, 0.15) is 0 Å². The van der Waals surface area contributed by atoms with Crippen molar-refractivity contribution >= 4 is 23.4 Å². The summed E-state index contributed by atoms with van der Waals surface area (Å²) in [5, 5.41) is 0.772. The Labute approximate surface area is 113 Å². The van der Waals surface area contributed by atoms with Gasteiger partial charge in [0.2, 0.25) is 0 Å². The topological polar surface area (TPSA) is 29.3 Å². The first-order chi connectivity index (χ1) is 8.25. The lowest BCUT2D eigenvalue weighted by atomic mass is 10.0. The molecule has 0 amide bonds. The molecule has 17 heavy (non-hydrogen) atoms. The van der Waals surface area contributed by atoms with Crippen molar-refractivity contribution in [2.45, 2.75) is 12.5 Å². The van der Waals surface area contributed by atoms with Gasteiger partial charge in [-0.2, -0.15) is 11.8 Å². The van der Waals surface area contributed by atoms with Gasteiger partial charge in [-0.3, -0.25) is 0 Å².